The van der Waals surface area contributed by atoms with E-state index in [0.717, 1.165) is 26.2 Å². The zero-order valence-electron chi connectivity index (χ0n) is 13.4. The molecule has 5 rings (SSSR count). The number of hydrogen-bond donors (Lipinski definition) is 0. The van der Waals surface area contributed by atoms with Crippen molar-refractivity contribution in [3.63, 3.8) is 0 Å². The maximum Gasteiger partial charge on any atom is 0.141 e. The van der Waals surface area contributed by atoms with Crippen molar-refractivity contribution in [1.82, 2.24) is 14.9 Å². The molecule has 2 aromatic heterocycles. The molecule has 0 aromatic carbocycles. The average Bonchev–Trinajstić information content (AvgIpc) is 3.32. The standard InChI is InChI=1S/C18H22N4S/c1-2-6-15-14(5-1)16-17(19-12-20-18(16)23-15)22-10-7-13(11-22)21-8-3-4-9-21/h3-4,12-13H,1-2,5-11H2/t13-/m0/s1. The van der Waals surface area contributed by atoms with Gasteiger partial charge >= 0.3 is 0 Å². The van der Waals surface area contributed by atoms with Gasteiger partial charge < -0.3 is 4.90 Å². The lowest BCUT2D eigenvalue weighted by Crippen LogP contribution is -2.35. The Morgan fingerprint density at radius 2 is 1.96 bits per heavy atom. The van der Waals surface area contributed by atoms with Crippen molar-refractivity contribution >= 4 is 27.4 Å². The fourth-order valence-electron chi connectivity index (χ4n) is 4.34. The molecule has 2 aliphatic heterocycles. The van der Waals surface area contributed by atoms with E-state index >= 15 is 0 Å². The summed E-state index contributed by atoms with van der Waals surface area (Å²) in [4.78, 5) is 17.2. The summed E-state index contributed by atoms with van der Waals surface area (Å²) in [5, 5.41) is 1.37. The predicted octanol–water partition coefficient (Wildman–Crippen LogP) is 3.02. The highest BCUT2D eigenvalue weighted by molar-refractivity contribution is 7.19. The number of thiophene rings is 1. The first-order valence-electron chi connectivity index (χ1n) is 8.79. The van der Waals surface area contributed by atoms with Gasteiger partial charge in [-0.25, -0.2) is 9.97 Å². The minimum atomic E-state index is 0.671. The quantitative estimate of drug-likeness (QED) is 0.794. The lowest BCUT2D eigenvalue weighted by Gasteiger charge is -2.24. The number of rotatable bonds is 2. The molecule has 1 aliphatic carbocycles. The Labute approximate surface area is 140 Å². The lowest BCUT2D eigenvalue weighted by molar-refractivity contribution is 0.271. The Morgan fingerprint density at radius 1 is 1.09 bits per heavy atom. The van der Waals surface area contributed by atoms with Crippen molar-refractivity contribution in [2.75, 3.05) is 31.1 Å². The largest absolute Gasteiger partial charge is 0.354 e. The SMILES string of the molecule is C1=CCN([C@H]2CCN(c3ncnc4sc5c(c34)CCCC5)C2)C1. The van der Waals surface area contributed by atoms with Crippen LogP contribution in [0.3, 0.4) is 0 Å². The molecule has 120 valence electrons. The van der Waals surface area contributed by atoms with Gasteiger partial charge in [-0.1, -0.05) is 12.2 Å². The Hall–Kier alpha value is -1.46. The molecule has 0 radical (unpaired) electrons. The molecule has 0 N–H and O–H groups in total. The highest BCUT2D eigenvalue weighted by Crippen LogP contribution is 2.40. The van der Waals surface area contributed by atoms with E-state index in [1.54, 1.807) is 16.8 Å². The molecular formula is C18H22N4S. The molecule has 1 atom stereocenters. The zero-order valence-corrected chi connectivity index (χ0v) is 14.2. The molecular weight excluding hydrogens is 304 g/mol. The van der Waals surface area contributed by atoms with Crippen LogP contribution in [0.1, 0.15) is 29.7 Å². The fraction of sp³-hybridized carbons (Fsp3) is 0.556. The van der Waals surface area contributed by atoms with Gasteiger partial charge in [0.2, 0.25) is 0 Å². The van der Waals surface area contributed by atoms with Crippen LogP contribution >= 0.6 is 11.3 Å². The van der Waals surface area contributed by atoms with Gasteiger partial charge in [-0.3, -0.25) is 4.90 Å². The van der Waals surface area contributed by atoms with Gasteiger partial charge in [0.15, 0.2) is 0 Å². The predicted molar refractivity (Wildman–Crippen MR) is 95.4 cm³/mol. The topological polar surface area (TPSA) is 32.3 Å². The van der Waals surface area contributed by atoms with E-state index in [1.807, 2.05) is 11.3 Å². The van der Waals surface area contributed by atoms with Gasteiger partial charge in [-0.05, 0) is 37.7 Å². The molecule has 0 bridgehead atoms. The summed E-state index contributed by atoms with van der Waals surface area (Å²) in [5.41, 5.74) is 1.55. The van der Waals surface area contributed by atoms with E-state index in [4.69, 9.17) is 4.98 Å². The van der Waals surface area contributed by atoms with Crippen molar-refractivity contribution < 1.29 is 0 Å². The lowest BCUT2D eigenvalue weighted by atomic mass is 9.97. The molecule has 4 heterocycles. The summed E-state index contributed by atoms with van der Waals surface area (Å²) in [6.45, 7) is 4.47. The average molecular weight is 326 g/mol. The number of aryl methyl sites for hydroxylation is 2. The summed E-state index contributed by atoms with van der Waals surface area (Å²) in [6, 6.07) is 0.671. The van der Waals surface area contributed by atoms with Gasteiger partial charge in [0.1, 0.15) is 17.0 Å². The summed E-state index contributed by atoms with van der Waals surface area (Å²) >= 11 is 1.90. The van der Waals surface area contributed by atoms with E-state index in [0.29, 0.717) is 6.04 Å². The van der Waals surface area contributed by atoms with Crippen LogP contribution in [-0.2, 0) is 12.8 Å². The molecule has 5 heteroatoms. The van der Waals surface area contributed by atoms with Crippen LogP contribution in [0.5, 0.6) is 0 Å². The van der Waals surface area contributed by atoms with Crippen molar-refractivity contribution in [3.05, 3.63) is 28.9 Å². The minimum Gasteiger partial charge on any atom is -0.354 e. The Kier molecular flexibility index (Phi) is 3.37. The molecule has 1 saturated heterocycles. The smallest absolute Gasteiger partial charge is 0.141 e. The Bertz CT molecular complexity index is 758. The first kappa shape index (κ1) is 13.9. The second-order valence-corrected chi connectivity index (χ2v) is 7.99. The summed E-state index contributed by atoms with van der Waals surface area (Å²) in [5.74, 6) is 1.20. The van der Waals surface area contributed by atoms with E-state index in [2.05, 4.69) is 26.9 Å². The third-order valence-electron chi connectivity index (χ3n) is 5.56. The Morgan fingerprint density at radius 3 is 2.87 bits per heavy atom. The van der Waals surface area contributed by atoms with Crippen LogP contribution in [0, 0.1) is 0 Å². The normalized spacial score (nSPS) is 24.7. The number of fused-ring (bicyclic) bond motifs is 3. The van der Waals surface area contributed by atoms with Crippen LogP contribution in [0.4, 0.5) is 5.82 Å². The summed E-state index contributed by atoms with van der Waals surface area (Å²) < 4.78 is 0. The maximum absolute atomic E-state index is 4.72. The first-order valence-corrected chi connectivity index (χ1v) is 9.61. The van der Waals surface area contributed by atoms with Crippen molar-refractivity contribution in [2.45, 2.75) is 38.1 Å². The fourth-order valence-corrected chi connectivity index (χ4v) is 5.56. The van der Waals surface area contributed by atoms with Gasteiger partial charge in [-0.15, -0.1) is 11.3 Å². The molecule has 23 heavy (non-hydrogen) atoms. The third-order valence-corrected chi connectivity index (χ3v) is 6.76. The van der Waals surface area contributed by atoms with Gasteiger partial charge in [0.05, 0.1) is 5.39 Å². The molecule has 0 unspecified atom stereocenters. The van der Waals surface area contributed by atoms with Crippen LogP contribution < -0.4 is 4.90 Å². The monoisotopic (exact) mass is 326 g/mol. The second kappa shape index (κ2) is 5.56. The number of anilines is 1. The van der Waals surface area contributed by atoms with Crippen molar-refractivity contribution in [2.24, 2.45) is 0 Å². The second-order valence-electron chi connectivity index (χ2n) is 6.90. The zero-order chi connectivity index (χ0) is 15.2. The van der Waals surface area contributed by atoms with Gasteiger partial charge in [-0.2, -0.15) is 0 Å². The van der Waals surface area contributed by atoms with E-state index in [-0.39, 0.29) is 0 Å². The van der Waals surface area contributed by atoms with Crippen LogP contribution in [-0.4, -0.2) is 47.1 Å². The molecule has 0 amide bonds. The molecule has 4 nitrogen and oxygen atoms in total. The molecule has 0 spiro atoms. The van der Waals surface area contributed by atoms with Crippen molar-refractivity contribution in [1.29, 1.82) is 0 Å². The third kappa shape index (κ3) is 2.29. The maximum atomic E-state index is 4.72. The molecule has 1 fully saturated rings. The number of hydrogen-bond acceptors (Lipinski definition) is 5. The summed E-state index contributed by atoms with van der Waals surface area (Å²) in [7, 11) is 0. The van der Waals surface area contributed by atoms with Crippen LogP contribution in [0.15, 0.2) is 18.5 Å². The van der Waals surface area contributed by atoms with Gasteiger partial charge in [0.25, 0.3) is 0 Å². The van der Waals surface area contributed by atoms with Crippen LogP contribution in [0.2, 0.25) is 0 Å². The molecule has 2 aromatic rings. The van der Waals surface area contributed by atoms with Crippen LogP contribution in [0.25, 0.3) is 10.2 Å². The minimum absolute atomic E-state index is 0.671. The van der Waals surface area contributed by atoms with E-state index < -0.39 is 0 Å². The Balaban J connectivity index is 1.49. The molecule has 3 aliphatic rings. The van der Waals surface area contributed by atoms with E-state index in [9.17, 15) is 0 Å². The first-order chi connectivity index (χ1) is 11.4. The highest BCUT2D eigenvalue weighted by atomic mass is 32.1. The molecule has 0 saturated carbocycles. The summed E-state index contributed by atoms with van der Waals surface area (Å²) in [6.07, 6.45) is 12.7. The highest BCUT2D eigenvalue weighted by Gasteiger charge is 2.31. The number of nitrogens with zero attached hydrogens (tertiary/aromatic N) is 4. The number of aromatic nitrogens is 2. The van der Waals surface area contributed by atoms with Gasteiger partial charge in [0, 0.05) is 37.1 Å². The van der Waals surface area contributed by atoms with Crippen molar-refractivity contribution in [3.8, 4) is 0 Å². The van der Waals surface area contributed by atoms with E-state index in [1.165, 1.54) is 48.1 Å².